The molecule has 1 saturated carbocycles. The van der Waals surface area contributed by atoms with E-state index in [1.807, 2.05) is 6.26 Å². The highest BCUT2D eigenvalue weighted by Crippen LogP contribution is 2.23. The Morgan fingerprint density at radius 1 is 1.37 bits per heavy atom. The van der Waals surface area contributed by atoms with Crippen molar-refractivity contribution in [2.24, 2.45) is 5.92 Å². The highest BCUT2D eigenvalue weighted by molar-refractivity contribution is 7.98. The highest BCUT2D eigenvalue weighted by Gasteiger charge is 2.23. The molecule has 2 N–H and O–H groups in total. The first-order valence-corrected chi connectivity index (χ1v) is 8.20. The van der Waals surface area contributed by atoms with Gasteiger partial charge in [0.1, 0.15) is 0 Å². The van der Waals surface area contributed by atoms with Crippen LogP contribution >= 0.6 is 11.8 Å². The second kappa shape index (κ2) is 8.30. The summed E-state index contributed by atoms with van der Waals surface area (Å²) in [6.45, 7) is 2.12. The molecule has 1 aliphatic rings. The van der Waals surface area contributed by atoms with Crippen LogP contribution in [0.5, 0.6) is 0 Å². The van der Waals surface area contributed by atoms with E-state index in [0.29, 0.717) is 18.1 Å². The molecule has 1 rings (SSSR count). The maximum atomic E-state index is 11.8. The Hall–Kier alpha value is -0.910. The lowest BCUT2D eigenvalue weighted by Gasteiger charge is -2.30. The monoisotopic (exact) mass is 287 g/mol. The van der Waals surface area contributed by atoms with Crippen molar-refractivity contribution in [3.63, 3.8) is 0 Å². The second-order valence-corrected chi connectivity index (χ2v) is 6.12. The average molecular weight is 287 g/mol. The molecule has 0 aromatic heterocycles. The van der Waals surface area contributed by atoms with E-state index < -0.39 is 18.0 Å². The third kappa shape index (κ3) is 5.72. The molecular formula is C13H23N2O3S-. The van der Waals surface area contributed by atoms with Crippen molar-refractivity contribution in [1.82, 2.24) is 10.6 Å². The minimum atomic E-state index is -1.22. The zero-order chi connectivity index (χ0) is 14.3. The van der Waals surface area contributed by atoms with Gasteiger partial charge in [0.2, 0.25) is 0 Å². The third-order valence-corrected chi connectivity index (χ3v) is 4.27. The van der Waals surface area contributed by atoms with Crippen molar-refractivity contribution in [3.8, 4) is 0 Å². The third-order valence-electron chi connectivity index (χ3n) is 3.63. The zero-order valence-electron chi connectivity index (χ0n) is 11.6. The minimum Gasteiger partial charge on any atom is -0.548 e. The molecule has 0 saturated heterocycles. The van der Waals surface area contributed by atoms with E-state index in [4.69, 9.17) is 0 Å². The molecule has 0 aromatic carbocycles. The predicted molar refractivity (Wildman–Crippen MR) is 74.9 cm³/mol. The fourth-order valence-corrected chi connectivity index (χ4v) is 2.86. The number of urea groups is 1. The summed E-state index contributed by atoms with van der Waals surface area (Å²) in [7, 11) is 0. The molecule has 19 heavy (non-hydrogen) atoms. The second-order valence-electron chi connectivity index (χ2n) is 5.14. The first kappa shape index (κ1) is 16.1. The maximum Gasteiger partial charge on any atom is 0.315 e. The summed E-state index contributed by atoms with van der Waals surface area (Å²) in [5.74, 6) is -0.0911. The van der Waals surface area contributed by atoms with E-state index in [1.54, 1.807) is 11.8 Å². The SMILES string of the molecule is CSCC[C@@H](NC(=O)N[C@@H]1CCCC[C@H]1C)C(=O)[O-]. The first-order chi connectivity index (χ1) is 9.04. The number of hydrogen-bond acceptors (Lipinski definition) is 4. The molecule has 0 bridgehead atoms. The normalized spacial score (nSPS) is 24.5. The number of rotatable bonds is 6. The number of amides is 2. The largest absolute Gasteiger partial charge is 0.548 e. The Labute approximate surface area is 118 Å². The number of carboxylic acids is 1. The van der Waals surface area contributed by atoms with Crippen LogP contribution < -0.4 is 15.7 Å². The van der Waals surface area contributed by atoms with Crippen LogP contribution in [0.4, 0.5) is 4.79 Å². The molecule has 0 aromatic rings. The Morgan fingerprint density at radius 2 is 2.05 bits per heavy atom. The number of thioether (sulfide) groups is 1. The molecule has 0 spiro atoms. The van der Waals surface area contributed by atoms with Crippen LogP contribution in [0.3, 0.4) is 0 Å². The molecular weight excluding hydrogens is 264 g/mol. The van der Waals surface area contributed by atoms with E-state index >= 15 is 0 Å². The smallest absolute Gasteiger partial charge is 0.315 e. The molecule has 0 aliphatic heterocycles. The van der Waals surface area contributed by atoms with Gasteiger partial charge in [0.05, 0.1) is 12.0 Å². The van der Waals surface area contributed by atoms with Gasteiger partial charge in [-0.05, 0) is 37.2 Å². The Morgan fingerprint density at radius 3 is 2.63 bits per heavy atom. The first-order valence-electron chi connectivity index (χ1n) is 6.81. The lowest BCUT2D eigenvalue weighted by Crippen LogP contribution is -2.54. The van der Waals surface area contributed by atoms with Gasteiger partial charge in [-0.15, -0.1) is 0 Å². The molecule has 3 atom stereocenters. The molecule has 2 amide bonds. The summed E-state index contributed by atoms with van der Waals surface area (Å²) in [6.07, 6.45) is 6.69. The van der Waals surface area contributed by atoms with E-state index in [2.05, 4.69) is 17.6 Å². The van der Waals surface area contributed by atoms with Crippen molar-refractivity contribution in [3.05, 3.63) is 0 Å². The van der Waals surface area contributed by atoms with E-state index in [0.717, 1.165) is 19.3 Å². The van der Waals surface area contributed by atoms with Gasteiger partial charge in [-0.1, -0.05) is 19.8 Å². The van der Waals surface area contributed by atoms with Gasteiger partial charge in [0.25, 0.3) is 0 Å². The summed E-state index contributed by atoms with van der Waals surface area (Å²) < 4.78 is 0. The Balaban J connectivity index is 2.40. The van der Waals surface area contributed by atoms with Crippen molar-refractivity contribution in [1.29, 1.82) is 0 Å². The minimum absolute atomic E-state index is 0.150. The summed E-state index contributed by atoms with van der Waals surface area (Å²) in [5.41, 5.74) is 0. The van der Waals surface area contributed by atoms with Crippen molar-refractivity contribution in [2.75, 3.05) is 12.0 Å². The van der Waals surface area contributed by atoms with Crippen LogP contribution in [0.15, 0.2) is 0 Å². The van der Waals surface area contributed by atoms with Crippen LogP contribution in [0.2, 0.25) is 0 Å². The maximum absolute atomic E-state index is 11.8. The molecule has 1 aliphatic carbocycles. The lowest BCUT2D eigenvalue weighted by atomic mass is 9.86. The lowest BCUT2D eigenvalue weighted by molar-refractivity contribution is -0.308. The number of carbonyl (C=O) groups excluding carboxylic acids is 2. The van der Waals surface area contributed by atoms with Crippen molar-refractivity contribution < 1.29 is 14.7 Å². The van der Waals surface area contributed by atoms with Gasteiger partial charge in [0.15, 0.2) is 0 Å². The summed E-state index contributed by atoms with van der Waals surface area (Å²) in [6, 6.07) is -1.16. The van der Waals surface area contributed by atoms with E-state index in [9.17, 15) is 14.7 Å². The van der Waals surface area contributed by atoms with Crippen LogP contribution in [0.25, 0.3) is 0 Å². The number of hydrogen-bond donors (Lipinski definition) is 2. The standard InChI is InChI=1S/C13H24N2O3S/c1-9-5-3-4-6-10(9)14-13(18)15-11(12(16)17)7-8-19-2/h9-11H,3-8H2,1-2H3,(H,16,17)(H2,14,15,18)/p-1/t9-,10-,11-/m1/s1. The predicted octanol–water partition coefficient (Wildman–Crippen LogP) is 0.736. The van der Waals surface area contributed by atoms with Gasteiger partial charge >= 0.3 is 6.03 Å². The van der Waals surface area contributed by atoms with Gasteiger partial charge in [-0.3, -0.25) is 0 Å². The molecule has 0 unspecified atom stereocenters. The summed E-state index contributed by atoms with van der Waals surface area (Å²) in [5, 5.41) is 16.3. The Kier molecular flexibility index (Phi) is 7.05. The summed E-state index contributed by atoms with van der Waals surface area (Å²) >= 11 is 1.55. The van der Waals surface area contributed by atoms with Crippen LogP contribution in [0, 0.1) is 5.92 Å². The fourth-order valence-electron chi connectivity index (χ4n) is 2.38. The zero-order valence-corrected chi connectivity index (χ0v) is 12.4. The quantitative estimate of drug-likeness (QED) is 0.755. The fraction of sp³-hybridized carbons (Fsp3) is 0.846. The molecule has 110 valence electrons. The molecule has 0 heterocycles. The summed E-state index contributed by atoms with van der Waals surface area (Å²) in [4.78, 5) is 22.7. The molecule has 5 nitrogen and oxygen atoms in total. The average Bonchev–Trinajstić information content (AvgIpc) is 2.37. The van der Waals surface area contributed by atoms with Gasteiger partial charge in [0, 0.05) is 6.04 Å². The number of aliphatic carboxylic acids is 1. The van der Waals surface area contributed by atoms with Crippen molar-refractivity contribution in [2.45, 2.75) is 51.1 Å². The van der Waals surface area contributed by atoms with E-state index in [-0.39, 0.29) is 6.04 Å². The molecule has 1 fully saturated rings. The van der Waals surface area contributed by atoms with E-state index in [1.165, 1.54) is 6.42 Å². The molecule has 0 radical (unpaired) electrons. The van der Waals surface area contributed by atoms with Crippen LogP contribution in [-0.4, -0.2) is 36.1 Å². The highest BCUT2D eigenvalue weighted by atomic mass is 32.2. The van der Waals surface area contributed by atoms with Crippen molar-refractivity contribution >= 4 is 23.8 Å². The number of carboxylic acid groups (broad SMARTS) is 1. The number of nitrogens with one attached hydrogen (secondary N) is 2. The van der Waals surface area contributed by atoms with Gasteiger partial charge in [-0.25, -0.2) is 4.79 Å². The van der Waals surface area contributed by atoms with Crippen LogP contribution in [-0.2, 0) is 4.79 Å². The topological polar surface area (TPSA) is 81.3 Å². The number of carbonyl (C=O) groups is 2. The van der Waals surface area contributed by atoms with Gasteiger partial charge in [-0.2, -0.15) is 11.8 Å². The van der Waals surface area contributed by atoms with Crippen LogP contribution in [0.1, 0.15) is 39.0 Å². The van der Waals surface area contributed by atoms with Gasteiger partial charge < -0.3 is 20.5 Å². The Bertz CT molecular complexity index is 312. The molecule has 6 heteroatoms.